The summed E-state index contributed by atoms with van der Waals surface area (Å²) in [6, 6.07) is 29.6. The topological polar surface area (TPSA) is 37.4 Å². The maximum Gasteiger partial charge on any atom is 0.210 e. The SMILES string of the molecule is Cc1ccc2c(c1)S(=O)(=O)c1cc(C)ccc1N2c1ccccc1-c1ccccc1. The van der Waals surface area contributed by atoms with Crippen molar-refractivity contribution in [3.63, 3.8) is 0 Å². The zero-order valence-electron chi connectivity index (χ0n) is 16.8. The molecule has 30 heavy (non-hydrogen) atoms. The Bertz CT molecular complexity index is 1320. The van der Waals surface area contributed by atoms with Gasteiger partial charge in [0.25, 0.3) is 0 Å². The molecule has 0 N–H and O–H groups in total. The Kier molecular flexibility index (Phi) is 4.26. The van der Waals surface area contributed by atoms with Gasteiger partial charge in [-0.15, -0.1) is 0 Å². The van der Waals surface area contributed by atoms with Crippen LogP contribution < -0.4 is 4.90 Å². The van der Waals surface area contributed by atoms with Crippen LogP contribution in [0.3, 0.4) is 0 Å². The molecular formula is C26H21NO2S. The minimum Gasteiger partial charge on any atom is -0.307 e. The van der Waals surface area contributed by atoms with Crippen molar-refractivity contribution in [1.82, 2.24) is 0 Å². The molecular weight excluding hydrogens is 390 g/mol. The number of hydrogen-bond acceptors (Lipinski definition) is 3. The van der Waals surface area contributed by atoms with E-state index in [2.05, 4.69) is 23.1 Å². The van der Waals surface area contributed by atoms with E-state index in [-0.39, 0.29) is 0 Å². The van der Waals surface area contributed by atoms with E-state index in [1.54, 1.807) is 12.1 Å². The van der Waals surface area contributed by atoms with Crippen molar-refractivity contribution in [1.29, 1.82) is 0 Å². The molecule has 148 valence electrons. The number of benzene rings is 4. The van der Waals surface area contributed by atoms with Gasteiger partial charge in [0.05, 0.1) is 26.9 Å². The molecule has 0 bridgehead atoms. The minimum atomic E-state index is -3.61. The number of para-hydroxylation sites is 1. The summed E-state index contributed by atoms with van der Waals surface area (Å²) in [4.78, 5) is 2.78. The van der Waals surface area contributed by atoms with Crippen LogP contribution in [0.1, 0.15) is 11.1 Å². The highest BCUT2D eigenvalue weighted by Gasteiger charge is 2.35. The number of aryl methyl sites for hydroxylation is 2. The van der Waals surface area contributed by atoms with Crippen LogP contribution in [0.15, 0.2) is 101 Å². The van der Waals surface area contributed by atoms with E-state index in [4.69, 9.17) is 0 Å². The van der Waals surface area contributed by atoms with E-state index in [9.17, 15) is 8.42 Å². The number of hydrogen-bond donors (Lipinski definition) is 0. The smallest absolute Gasteiger partial charge is 0.210 e. The van der Waals surface area contributed by atoms with Crippen molar-refractivity contribution < 1.29 is 8.42 Å². The number of sulfone groups is 1. The lowest BCUT2D eigenvalue weighted by atomic mass is 10.0. The zero-order valence-corrected chi connectivity index (χ0v) is 17.6. The van der Waals surface area contributed by atoms with Crippen LogP contribution in [0, 0.1) is 13.8 Å². The maximum absolute atomic E-state index is 13.5. The number of rotatable bonds is 2. The molecule has 0 unspecified atom stereocenters. The Morgan fingerprint density at radius 1 is 0.600 bits per heavy atom. The van der Waals surface area contributed by atoms with Crippen molar-refractivity contribution in [3.05, 3.63) is 102 Å². The predicted octanol–water partition coefficient (Wildman–Crippen LogP) is 6.59. The lowest BCUT2D eigenvalue weighted by molar-refractivity contribution is 0.595. The van der Waals surface area contributed by atoms with Gasteiger partial charge in [-0.3, -0.25) is 0 Å². The predicted molar refractivity (Wildman–Crippen MR) is 121 cm³/mol. The van der Waals surface area contributed by atoms with Gasteiger partial charge in [-0.05, 0) is 60.9 Å². The van der Waals surface area contributed by atoms with E-state index in [1.807, 2.05) is 74.5 Å². The van der Waals surface area contributed by atoms with Crippen LogP contribution in [0.4, 0.5) is 17.1 Å². The second kappa shape index (κ2) is 6.85. The Morgan fingerprint density at radius 3 is 1.73 bits per heavy atom. The van der Waals surface area contributed by atoms with E-state index in [0.29, 0.717) is 21.2 Å². The summed E-state index contributed by atoms with van der Waals surface area (Å²) in [6.45, 7) is 3.84. The summed E-state index contributed by atoms with van der Waals surface area (Å²) in [6.07, 6.45) is 0. The normalized spacial score (nSPS) is 14.1. The fourth-order valence-electron chi connectivity index (χ4n) is 4.08. The van der Waals surface area contributed by atoms with Gasteiger partial charge in [0, 0.05) is 5.56 Å². The third-order valence-corrected chi connectivity index (χ3v) is 7.33. The fraction of sp³-hybridized carbons (Fsp3) is 0.0769. The second-order valence-electron chi connectivity index (χ2n) is 7.66. The standard InChI is InChI=1S/C26H21NO2S/c1-18-12-14-23-25(16-18)30(28,29)26-17-19(2)13-15-24(26)27(23)22-11-7-6-10-21(22)20-8-4-3-5-9-20/h3-17H,1-2H3. The molecule has 4 aromatic carbocycles. The highest BCUT2D eigenvalue weighted by Crippen LogP contribution is 2.50. The largest absolute Gasteiger partial charge is 0.307 e. The van der Waals surface area contributed by atoms with Crippen molar-refractivity contribution in [3.8, 4) is 11.1 Å². The van der Waals surface area contributed by atoms with Gasteiger partial charge in [-0.1, -0.05) is 60.7 Å². The Labute approximate surface area is 177 Å². The number of nitrogens with zero attached hydrogens (tertiary/aromatic N) is 1. The van der Waals surface area contributed by atoms with Gasteiger partial charge in [-0.25, -0.2) is 8.42 Å². The third kappa shape index (κ3) is 2.84. The number of fused-ring (bicyclic) bond motifs is 2. The monoisotopic (exact) mass is 411 g/mol. The van der Waals surface area contributed by atoms with Gasteiger partial charge < -0.3 is 4.90 Å². The quantitative estimate of drug-likeness (QED) is 0.329. The highest BCUT2D eigenvalue weighted by atomic mass is 32.2. The lowest BCUT2D eigenvalue weighted by Gasteiger charge is -2.34. The van der Waals surface area contributed by atoms with Crippen molar-refractivity contribution in [2.24, 2.45) is 0 Å². The molecule has 5 rings (SSSR count). The Balaban J connectivity index is 1.86. The summed E-state index contributed by atoms with van der Waals surface area (Å²) < 4.78 is 27.0. The van der Waals surface area contributed by atoms with Crippen molar-refractivity contribution in [2.45, 2.75) is 23.6 Å². The molecule has 4 heteroatoms. The van der Waals surface area contributed by atoms with Gasteiger partial charge in [-0.2, -0.15) is 0 Å². The van der Waals surface area contributed by atoms with Crippen molar-refractivity contribution >= 4 is 26.9 Å². The molecule has 0 spiro atoms. The lowest BCUT2D eigenvalue weighted by Crippen LogP contribution is -2.23. The van der Waals surface area contributed by atoms with Crippen LogP contribution in [-0.4, -0.2) is 8.42 Å². The first-order valence-corrected chi connectivity index (χ1v) is 11.4. The molecule has 0 amide bonds. The molecule has 0 fully saturated rings. The van der Waals surface area contributed by atoms with Crippen molar-refractivity contribution in [2.75, 3.05) is 4.90 Å². The van der Waals surface area contributed by atoms with Gasteiger partial charge >= 0.3 is 0 Å². The summed E-state index contributed by atoms with van der Waals surface area (Å²) in [5, 5.41) is 0. The van der Waals surface area contributed by atoms with E-state index < -0.39 is 9.84 Å². The summed E-state index contributed by atoms with van der Waals surface area (Å²) in [5.41, 5.74) is 6.29. The van der Waals surface area contributed by atoms with E-state index in [1.165, 1.54) is 0 Å². The summed E-state index contributed by atoms with van der Waals surface area (Å²) in [7, 11) is -3.61. The minimum absolute atomic E-state index is 0.350. The van der Waals surface area contributed by atoms with Gasteiger partial charge in [0.2, 0.25) is 9.84 Å². The summed E-state index contributed by atoms with van der Waals surface area (Å²) in [5.74, 6) is 0. The second-order valence-corrected chi connectivity index (χ2v) is 9.55. The maximum atomic E-state index is 13.5. The Morgan fingerprint density at radius 2 is 1.13 bits per heavy atom. The molecule has 0 radical (unpaired) electrons. The molecule has 1 aliphatic heterocycles. The van der Waals surface area contributed by atoms with Crippen LogP contribution in [0.2, 0.25) is 0 Å². The zero-order chi connectivity index (χ0) is 20.9. The third-order valence-electron chi connectivity index (χ3n) is 5.52. The summed E-state index contributed by atoms with van der Waals surface area (Å²) >= 11 is 0. The van der Waals surface area contributed by atoms with Crippen LogP contribution in [0.5, 0.6) is 0 Å². The molecule has 0 saturated heterocycles. The van der Waals surface area contributed by atoms with Crippen LogP contribution in [0.25, 0.3) is 11.1 Å². The van der Waals surface area contributed by atoms with E-state index >= 15 is 0 Å². The average Bonchev–Trinajstić information content (AvgIpc) is 2.76. The van der Waals surface area contributed by atoms with Gasteiger partial charge in [0.1, 0.15) is 0 Å². The molecule has 4 aromatic rings. The highest BCUT2D eigenvalue weighted by molar-refractivity contribution is 7.92. The first-order chi connectivity index (χ1) is 14.5. The van der Waals surface area contributed by atoms with Crippen LogP contribution >= 0.6 is 0 Å². The molecule has 0 saturated carbocycles. The Hall–Kier alpha value is -3.37. The fourth-order valence-corrected chi connectivity index (χ4v) is 5.87. The molecule has 0 aromatic heterocycles. The first-order valence-electron chi connectivity index (χ1n) is 9.88. The van der Waals surface area contributed by atoms with Gasteiger partial charge in [0.15, 0.2) is 0 Å². The molecule has 1 aliphatic rings. The number of anilines is 3. The molecule has 3 nitrogen and oxygen atoms in total. The van der Waals surface area contributed by atoms with E-state index in [0.717, 1.165) is 27.9 Å². The molecule has 1 heterocycles. The average molecular weight is 412 g/mol. The molecule has 0 atom stereocenters. The first kappa shape index (κ1) is 18.6. The van der Waals surface area contributed by atoms with Crippen LogP contribution in [-0.2, 0) is 9.84 Å². The molecule has 0 aliphatic carbocycles.